The van der Waals surface area contributed by atoms with Crippen LogP contribution in [0.15, 0.2) is 60.8 Å². The number of nitrogens with zero attached hydrogens (tertiary/aromatic N) is 3. The number of nitrogens with one attached hydrogen (secondary N) is 1. The van der Waals surface area contributed by atoms with Gasteiger partial charge in [0.15, 0.2) is 5.11 Å². The molecule has 1 saturated heterocycles. The summed E-state index contributed by atoms with van der Waals surface area (Å²) < 4.78 is 7.71. The maximum Gasteiger partial charge on any atom is 0.170 e. The van der Waals surface area contributed by atoms with Crippen LogP contribution in [0.1, 0.15) is 54.8 Å². The van der Waals surface area contributed by atoms with Crippen LogP contribution in [0.5, 0.6) is 5.75 Å². The first-order valence-corrected chi connectivity index (χ1v) is 11.4. The molecule has 1 aliphatic heterocycles. The summed E-state index contributed by atoms with van der Waals surface area (Å²) in [5.74, 6) is 0.859. The first-order chi connectivity index (χ1) is 15.2. The minimum Gasteiger partial charge on any atom is -0.497 e. The van der Waals surface area contributed by atoms with Crippen molar-refractivity contribution in [3.63, 3.8) is 0 Å². The minimum atomic E-state index is 0.0144. The summed E-state index contributed by atoms with van der Waals surface area (Å²) in [5, 5.41) is 4.45. The molecule has 160 valence electrons. The molecule has 5 rings (SSSR count). The molecule has 2 unspecified atom stereocenters. The molecule has 1 aliphatic carbocycles. The summed E-state index contributed by atoms with van der Waals surface area (Å²) in [5.41, 5.74) is 4.58. The molecule has 2 fully saturated rings. The third kappa shape index (κ3) is 3.59. The lowest BCUT2D eigenvalue weighted by Gasteiger charge is -2.33. The van der Waals surface area contributed by atoms with Gasteiger partial charge in [0.2, 0.25) is 0 Å². The average molecular weight is 433 g/mol. The molecule has 31 heavy (non-hydrogen) atoms. The van der Waals surface area contributed by atoms with Gasteiger partial charge in [-0.25, -0.2) is 0 Å². The Kier molecular flexibility index (Phi) is 5.40. The van der Waals surface area contributed by atoms with Crippen LogP contribution in [0.3, 0.4) is 0 Å². The van der Waals surface area contributed by atoms with E-state index >= 15 is 0 Å². The molecule has 6 heteroatoms. The molecule has 2 aromatic heterocycles. The Morgan fingerprint density at radius 2 is 1.81 bits per heavy atom. The molecule has 0 bridgehead atoms. The highest BCUT2D eigenvalue weighted by atomic mass is 32.1. The molecule has 2 atom stereocenters. The van der Waals surface area contributed by atoms with E-state index in [4.69, 9.17) is 17.0 Å². The maximum absolute atomic E-state index is 5.89. The maximum atomic E-state index is 5.89. The molecule has 5 nitrogen and oxygen atoms in total. The van der Waals surface area contributed by atoms with Gasteiger partial charge in [-0.15, -0.1) is 0 Å². The van der Waals surface area contributed by atoms with Gasteiger partial charge in [-0.1, -0.05) is 18.9 Å². The second kappa shape index (κ2) is 8.35. The Hall–Kier alpha value is -2.86. The Labute approximate surface area is 189 Å². The lowest BCUT2D eigenvalue weighted by molar-refractivity contribution is 0.239. The second-order valence-electron chi connectivity index (χ2n) is 8.41. The Balaban J connectivity index is 1.63. The number of aryl methyl sites for hydroxylation is 1. The fourth-order valence-corrected chi connectivity index (χ4v) is 5.52. The summed E-state index contributed by atoms with van der Waals surface area (Å²) in [7, 11) is 1.70. The third-order valence-corrected chi connectivity index (χ3v) is 6.92. The molecule has 1 saturated carbocycles. The largest absolute Gasteiger partial charge is 0.497 e. The van der Waals surface area contributed by atoms with Crippen molar-refractivity contribution in [2.24, 2.45) is 0 Å². The van der Waals surface area contributed by atoms with Gasteiger partial charge in [0.05, 0.1) is 24.9 Å². The highest BCUT2D eigenvalue weighted by molar-refractivity contribution is 7.80. The number of thiocarbonyl (C=S) groups is 1. The van der Waals surface area contributed by atoms with Crippen molar-refractivity contribution in [1.82, 2.24) is 19.8 Å². The van der Waals surface area contributed by atoms with E-state index in [0.717, 1.165) is 22.2 Å². The van der Waals surface area contributed by atoms with Crippen molar-refractivity contribution >= 4 is 17.3 Å². The number of methoxy groups -OCH3 is 1. The van der Waals surface area contributed by atoms with Gasteiger partial charge < -0.3 is 19.5 Å². The lowest BCUT2D eigenvalue weighted by Crippen LogP contribution is -2.38. The Morgan fingerprint density at radius 1 is 1.03 bits per heavy atom. The third-order valence-electron chi connectivity index (χ3n) is 6.59. The zero-order chi connectivity index (χ0) is 21.4. The monoisotopic (exact) mass is 432 g/mol. The topological polar surface area (TPSA) is 42.3 Å². The van der Waals surface area contributed by atoms with E-state index in [1.807, 2.05) is 24.4 Å². The molecule has 0 spiro atoms. The number of rotatable bonds is 5. The standard InChI is InChI=1S/C25H28N4OS/c1-17-10-15-22(28(17)19-11-13-20(30-2)14-12-19)24-23(21-9-5-6-16-26-21)27-25(31)29(24)18-7-3-4-8-18/h5-6,9-16,18,23-24H,3-4,7-8H2,1-2H3,(H,27,31). The molecular weight excluding hydrogens is 404 g/mol. The van der Waals surface area contributed by atoms with Gasteiger partial charge in [-0.05, 0) is 80.5 Å². The average Bonchev–Trinajstić information content (AvgIpc) is 3.53. The van der Waals surface area contributed by atoms with E-state index < -0.39 is 0 Å². The van der Waals surface area contributed by atoms with E-state index in [1.54, 1.807) is 7.11 Å². The number of aromatic nitrogens is 2. The van der Waals surface area contributed by atoms with E-state index in [9.17, 15) is 0 Å². The summed E-state index contributed by atoms with van der Waals surface area (Å²) in [6, 6.07) is 19.4. The fourth-order valence-electron chi connectivity index (χ4n) is 5.13. The van der Waals surface area contributed by atoms with Crippen LogP contribution >= 0.6 is 12.2 Å². The van der Waals surface area contributed by atoms with Crippen LogP contribution in [-0.4, -0.2) is 32.7 Å². The number of ether oxygens (including phenoxy) is 1. The van der Waals surface area contributed by atoms with Crippen molar-refractivity contribution in [1.29, 1.82) is 0 Å². The van der Waals surface area contributed by atoms with Crippen LogP contribution in [0.25, 0.3) is 5.69 Å². The molecule has 3 aromatic rings. The summed E-state index contributed by atoms with van der Waals surface area (Å²) in [4.78, 5) is 7.14. The van der Waals surface area contributed by atoms with Gasteiger partial charge in [-0.3, -0.25) is 4.98 Å². The van der Waals surface area contributed by atoms with Crippen molar-refractivity contribution in [3.8, 4) is 11.4 Å². The quantitative estimate of drug-likeness (QED) is 0.568. The van der Waals surface area contributed by atoms with Crippen LogP contribution < -0.4 is 10.1 Å². The van der Waals surface area contributed by atoms with Crippen LogP contribution in [-0.2, 0) is 0 Å². The molecule has 0 amide bonds. The Bertz CT molecular complexity index is 1060. The normalized spacial score (nSPS) is 21.5. The first kappa shape index (κ1) is 20.1. The number of benzene rings is 1. The van der Waals surface area contributed by atoms with Crippen LogP contribution in [0.4, 0.5) is 0 Å². The lowest BCUT2D eigenvalue weighted by atomic mass is 9.99. The molecule has 1 aromatic carbocycles. The molecule has 2 aliphatic rings. The van der Waals surface area contributed by atoms with Crippen LogP contribution in [0, 0.1) is 6.92 Å². The van der Waals surface area contributed by atoms with Gasteiger partial charge in [0, 0.05) is 29.3 Å². The molecule has 0 radical (unpaired) electrons. The van der Waals surface area contributed by atoms with Gasteiger partial charge in [-0.2, -0.15) is 0 Å². The Morgan fingerprint density at radius 3 is 2.48 bits per heavy atom. The van der Waals surface area contributed by atoms with Crippen molar-refractivity contribution < 1.29 is 4.74 Å². The summed E-state index contributed by atoms with van der Waals surface area (Å²) in [6.07, 6.45) is 6.78. The van der Waals surface area contributed by atoms with Crippen molar-refractivity contribution in [3.05, 3.63) is 77.9 Å². The van der Waals surface area contributed by atoms with Crippen molar-refractivity contribution in [2.45, 2.75) is 50.7 Å². The number of hydrogen-bond donors (Lipinski definition) is 1. The van der Waals surface area contributed by atoms with Crippen LogP contribution in [0.2, 0.25) is 0 Å². The molecular formula is C25H28N4OS. The number of pyridine rings is 1. The zero-order valence-corrected chi connectivity index (χ0v) is 18.8. The van der Waals surface area contributed by atoms with Gasteiger partial charge in [0.1, 0.15) is 5.75 Å². The summed E-state index contributed by atoms with van der Waals surface area (Å²) >= 11 is 5.89. The highest BCUT2D eigenvalue weighted by Gasteiger charge is 2.45. The summed E-state index contributed by atoms with van der Waals surface area (Å²) in [6.45, 7) is 2.16. The molecule has 1 N–H and O–H groups in total. The van der Waals surface area contributed by atoms with E-state index in [0.29, 0.717) is 6.04 Å². The predicted octanol–water partition coefficient (Wildman–Crippen LogP) is 5.10. The second-order valence-corrected chi connectivity index (χ2v) is 8.79. The van der Waals surface area contributed by atoms with E-state index in [2.05, 4.69) is 63.1 Å². The minimum absolute atomic E-state index is 0.0144. The fraction of sp³-hybridized carbons (Fsp3) is 0.360. The van der Waals surface area contributed by atoms with Crippen molar-refractivity contribution in [2.75, 3.05) is 7.11 Å². The highest BCUT2D eigenvalue weighted by Crippen LogP contribution is 2.43. The SMILES string of the molecule is COc1ccc(-n2c(C)ccc2C2C(c3ccccn3)NC(=S)N2C2CCCC2)cc1. The van der Waals surface area contributed by atoms with E-state index in [-0.39, 0.29) is 12.1 Å². The predicted molar refractivity (Wildman–Crippen MR) is 127 cm³/mol. The smallest absolute Gasteiger partial charge is 0.170 e. The zero-order valence-electron chi connectivity index (χ0n) is 18.0. The van der Waals surface area contributed by atoms with E-state index in [1.165, 1.54) is 37.1 Å². The molecule has 3 heterocycles. The first-order valence-electron chi connectivity index (χ1n) is 11.0. The van der Waals surface area contributed by atoms with Gasteiger partial charge >= 0.3 is 0 Å². The van der Waals surface area contributed by atoms with Gasteiger partial charge in [0.25, 0.3) is 0 Å². The number of hydrogen-bond acceptors (Lipinski definition) is 3.